The van der Waals surface area contributed by atoms with E-state index in [0.717, 1.165) is 31.7 Å². The van der Waals surface area contributed by atoms with Crippen LogP contribution in [0.5, 0.6) is 0 Å². The Morgan fingerprint density at radius 3 is 2.89 bits per heavy atom. The summed E-state index contributed by atoms with van der Waals surface area (Å²) in [6, 6.07) is 15.2. The molecule has 0 spiro atoms. The van der Waals surface area contributed by atoms with Gasteiger partial charge >= 0.3 is 0 Å². The molecule has 2 heterocycles. The van der Waals surface area contributed by atoms with E-state index in [1.54, 1.807) is 7.11 Å². The van der Waals surface area contributed by atoms with E-state index >= 15 is 0 Å². The molecule has 1 saturated heterocycles. The van der Waals surface area contributed by atoms with Crippen molar-refractivity contribution < 1.29 is 4.74 Å². The maximum Gasteiger partial charge on any atom is 0.0710 e. The van der Waals surface area contributed by atoms with Crippen LogP contribution in [-0.4, -0.2) is 44.0 Å². The van der Waals surface area contributed by atoms with Gasteiger partial charge in [-0.2, -0.15) is 0 Å². The Hall–Kier alpha value is -1.70. The fraction of sp³-hybridized carbons (Fsp3) is 0.318. The van der Waals surface area contributed by atoms with Crippen LogP contribution >= 0.6 is 22.6 Å². The molecule has 0 radical (unpaired) electrons. The number of nitrogens with one attached hydrogen (secondary N) is 1. The molecule has 1 atom stereocenters. The minimum Gasteiger partial charge on any atom is -0.380 e. The molecule has 0 saturated carbocycles. The van der Waals surface area contributed by atoms with Gasteiger partial charge in [-0.3, -0.25) is 9.89 Å². The smallest absolute Gasteiger partial charge is 0.0710 e. The molecular formula is C22H24IN3O. The van der Waals surface area contributed by atoms with Crippen LogP contribution in [0, 0.1) is 3.57 Å². The molecule has 0 aliphatic carbocycles. The number of hydrogen-bond donors (Lipinski definition) is 1. The van der Waals surface area contributed by atoms with Gasteiger partial charge < -0.3 is 10.1 Å². The lowest BCUT2D eigenvalue weighted by molar-refractivity contribution is 0.107. The first kappa shape index (κ1) is 18.7. The molecule has 0 amide bonds. The Kier molecular flexibility index (Phi) is 5.90. The van der Waals surface area contributed by atoms with Gasteiger partial charge in [-0.15, -0.1) is 0 Å². The number of anilines is 1. The third kappa shape index (κ3) is 4.59. The molecule has 27 heavy (non-hydrogen) atoms. The second-order valence-electron chi connectivity index (χ2n) is 7.09. The number of halogens is 1. The zero-order chi connectivity index (χ0) is 18.6. The van der Waals surface area contributed by atoms with E-state index in [-0.39, 0.29) is 0 Å². The molecule has 0 unspecified atom stereocenters. The van der Waals surface area contributed by atoms with Crippen molar-refractivity contribution in [3.05, 3.63) is 68.9 Å². The zero-order valence-corrected chi connectivity index (χ0v) is 17.6. The van der Waals surface area contributed by atoms with Crippen molar-refractivity contribution in [1.29, 1.82) is 0 Å². The van der Waals surface area contributed by atoms with E-state index < -0.39 is 0 Å². The molecular weight excluding hydrogens is 449 g/mol. The van der Waals surface area contributed by atoms with Crippen LogP contribution in [-0.2, 0) is 11.3 Å². The van der Waals surface area contributed by atoms with Crippen molar-refractivity contribution in [1.82, 2.24) is 4.90 Å². The SMILES string of the molecule is CO[C@@H]1CCN(Cc2ccc(N/C=C3\CN=Cc4ccc(I)cc43)cc2)C1. The van der Waals surface area contributed by atoms with Gasteiger partial charge in [0.2, 0.25) is 0 Å². The van der Waals surface area contributed by atoms with Crippen LogP contribution in [0.2, 0.25) is 0 Å². The van der Waals surface area contributed by atoms with Gasteiger partial charge in [0.25, 0.3) is 0 Å². The summed E-state index contributed by atoms with van der Waals surface area (Å²) in [6.45, 7) is 3.85. The maximum atomic E-state index is 5.45. The molecule has 4 rings (SSSR count). The number of likely N-dealkylation sites (tertiary alicyclic amines) is 1. The van der Waals surface area contributed by atoms with Crippen LogP contribution in [0.1, 0.15) is 23.1 Å². The monoisotopic (exact) mass is 473 g/mol. The summed E-state index contributed by atoms with van der Waals surface area (Å²) in [6.07, 6.45) is 5.57. The summed E-state index contributed by atoms with van der Waals surface area (Å²) in [5, 5.41) is 3.44. The standard InChI is InChI=1S/C22H24IN3O/c1-27-21-8-9-26(15-21)14-16-2-6-20(7-3-16)25-13-18-12-24-11-17-4-5-19(23)10-22(17)18/h2-7,10-11,13,21,25H,8-9,12,14-15H2,1H3/b18-13+/t21-/m1/s1. The summed E-state index contributed by atoms with van der Waals surface area (Å²) in [5.41, 5.74) is 6.11. The van der Waals surface area contributed by atoms with E-state index in [9.17, 15) is 0 Å². The molecule has 2 aromatic rings. The Bertz CT molecular complexity index is 860. The fourth-order valence-electron chi connectivity index (χ4n) is 3.64. The number of hydrogen-bond acceptors (Lipinski definition) is 4. The molecule has 0 aromatic heterocycles. The minimum atomic E-state index is 0.390. The molecule has 2 aliphatic heterocycles. The van der Waals surface area contributed by atoms with E-state index in [1.165, 1.54) is 25.8 Å². The Balaban J connectivity index is 1.40. The average Bonchev–Trinajstić information content (AvgIpc) is 3.15. The van der Waals surface area contributed by atoms with E-state index in [1.807, 2.05) is 6.21 Å². The van der Waals surface area contributed by atoms with E-state index in [4.69, 9.17) is 4.74 Å². The summed E-state index contributed by atoms with van der Waals surface area (Å²) in [4.78, 5) is 6.93. The first-order valence-corrected chi connectivity index (χ1v) is 10.4. The highest BCUT2D eigenvalue weighted by Crippen LogP contribution is 2.25. The van der Waals surface area contributed by atoms with Crippen molar-refractivity contribution in [2.75, 3.05) is 32.1 Å². The highest BCUT2D eigenvalue weighted by molar-refractivity contribution is 14.1. The number of nitrogens with zero attached hydrogens (tertiary/aromatic N) is 2. The second-order valence-corrected chi connectivity index (χ2v) is 8.34. The van der Waals surface area contributed by atoms with Gasteiger partial charge in [0.05, 0.1) is 12.6 Å². The van der Waals surface area contributed by atoms with Crippen molar-refractivity contribution in [2.24, 2.45) is 4.99 Å². The number of rotatable bonds is 5. The first-order chi connectivity index (χ1) is 13.2. The molecule has 1 N–H and O–H groups in total. The van der Waals surface area contributed by atoms with Gasteiger partial charge in [0, 0.05) is 48.4 Å². The molecule has 140 valence electrons. The lowest BCUT2D eigenvalue weighted by atomic mass is 9.99. The molecule has 0 bridgehead atoms. The normalized spacial score (nSPS) is 20.8. The minimum absolute atomic E-state index is 0.390. The number of methoxy groups -OCH3 is 1. The largest absolute Gasteiger partial charge is 0.380 e. The molecule has 2 aliphatic rings. The topological polar surface area (TPSA) is 36.9 Å². The van der Waals surface area contributed by atoms with Crippen molar-refractivity contribution >= 4 is 40.1 Å². The average molecular weight is 473 g/mol. The highest BCUT2D eigenvalue weighted by Gasteiger charge is 2.21. The van der Waals surface area contributed by atoms with Crippen molar-refractivity contribution in [3.8, 4) is 0 Å². The van der Waals surface area contributed by atoms with E-state index in [2.05, 4.69) is 86.5 Å². The van der Waals surface area contributed by atoms with Gasteiger partial charge in [-0.25, -0.2) is 0 Å². The number of fused-ring (bicyclic) bond motifs is 1. The van der Waals surface area contributed by atoms with Gasteiger partial charge in [0.1, 0.15) is 0 Å². The van der Waals surface area contributed by atoms with Gasteiger partial charge in [0.15, 0.2) is 0 Å². The lowest BCUT2D eigenvalue weighted by Gasteiger charge is -2.16. The Morgan fingerprint density at radius 2 is 2.11 bits per heavy atom. The van der Waals surface area contributed by atoms with Crippen LogP contribution in [0.4, 0.5) is 5.69 Å². The second kappa shape index (κ2) is 8.54. The Labute approximate surface area is 174 Å². The third-order valence-corrected chi connectivity index (χ3v) is 5.86. The molecule has 1 fully saturated rings. The summed E-state index contributed by atoms with van der Waals surface area (Å²) in [5.74, 6) is 0. The van der Waals surface area contributed by atoms with Crippen molar-refractivity contribution in [3.63, 3.8) is 0 Å². The maximum absolute atomic E-state index is 5.45. The van der Waals surface area contributed by atoms with Gasteiger partial charge in [-0.1, -0.05) is 18.2 Å². The predicted molar refractivity (Wildman–Crippen MR) is 120 cm³/mol. The molecule has 2 aromatic carbocycles. The number of benzene rings is 2. The number of aliphatic imine (C=N–C) groups is 1. The van der Waals surface area contributed by atoms with Gasteiger partial charge in [-0.05, 0) is 75.5 Å². The van der Waals surface area contributed by atoms with Crippen LogP contribution in [0.15, 0.2) is 53.7 Å². The molecule has 5 heteroatoms. The number of ether oxygens (including phenoxy) is 1. The summed E-state index contributed by atoms with van der Waals surface area (Å²) < 4.78 is 6.70. The fourth-order valence-corrected chi connectivity index (χ4v) is 4.13. The van der Waals surface area contributed by atoms with Crippen LogP contribution < -0.4 is 5.32 Å². The third-order valence-electron chi connectivity index (χ3n) is 5.19. The highest BCUT2D eigenvalue weighted by atomic mass is 127. The molecule has 4 nitrogen and oxygen atoms in total. The van der Waals surface area contributed by atoms with E-state index in [0.29, 0.717) is 12.6 Å². The van der Waals surface area contributed by atoms with Crippen LogP contribution in [0.25, 0.3) is 5.57 Å². The summed E-state index contributed by atoms with van der Waals surface area (Å²) in [7, 11) is 1.81. The van der Waals surface area contributed by atoms with Crippen molar-refractivity contribution in [2.45, 2.75) is 19.1 Å². The first-order valence-electron chi connectivity index (χ1n) is 9.31. The summed E-state index contributed by atoms with van der Waals surface area (Å²) >= 11 is 2.36. The Morgan fingerprint density at radius 1 is 1.26 bits per heavy atom. The zero-order valence-electron chi connectivity index (χ0n) is 15.5. The van der Waals surface area contributed by atoms with Crippen LogP contribution in [0.3, 0.4) is 0 Å². The quantitative estimate of drug-likeness (QED) is 0.655. The predicted octanol–water partition coefficient (Wildman–Crippen LogP) is 4.40. The lowest BCUT2D eigenvalue weighted by Crippen LogP contribution is -2.22.